The standard InChI is InChI=1S/C10H8O4/c11-5-7-2-1-3-8(4-7)9-6-13-10(12)14-9/h1-5,9H,6H2/t9-/m0/s1. The molecule has 0 radical (unpaired) electrons. The normalized spacial score (nSPS) is 20.0. The summed E-state index contributed by atoms with van der Waals surface area (Å²) in [4.78, 5) is 21.2. The van der Waals surface area contributed by atoms with Gasteiger partial charge in [-0.25, -0.2) is 4.79 Å². The highest BCUT2D eigenvalue weighted by atomic mass is 16.8. The maximum absolute atomic E-state index is 10.7. The minimum atomic E-state index is -0.661. The second kappa shape index (κ2) is 3.49. The van der Waals surface area contributed by atoms with Gasteiger partial charge in [0.2, 0.25) is 0 Å². The maximum Gasteiger partial charge on any atom is 0.509 e. The molecule has 0 aromatic heterocycles. The number of benzene rings is 1. The Labute approximate surface area is 80.4 Å². The van der Waals surface area contributed by atoms with E-state index in [0.717, 1.165) is 11.8 Å². The highest BCUT2D eigenvalue weighted by Crippen LogP contribution is 2.23. The Bertz CT molecular complexity index is 372. The summed E-state index contributed by atoms with van der Waals surface area (Å²) in [6.07, 6.45) is -0.296. The molecular weight excluding hydrogens is 184 g/mol. The molecule has 1 fully saturated rings. The highest BCUT2D eigenvalue weighted by molar-refractivity contribution is 5.75. The van der Waals surface area contributed by atoms with Gasteiger partial charge in [0.05, 0.1) is 0 Å². The molecule has 1 heterocycles. The van der Waals surface area contributed by atoms with E-state index < -0.39 is 6.16 Å². The van der Waals surface area contributed by atoms with Crippen molar-refractivity contribution in [3.63, 3.8) is 0 Å². The maximum atomic E-state index is 10.7. The SMILES string of the molecule is O=Cc1cccc([C@@H]2COC(=O)O2)c1. The van der Waals surface area contributed by atoms with Crippen molar-refractivity contribution in [3.8, 4) is 0 Å². The molecule has 0 spiro atoms. The molecule has 1 aromatic carbocycles. The van der Waals surface area contributed by atoms with Gasteiger partial charge in [-0.1, -0.05) is 18.2 Å². The fourth-order valence-electron chi connectivity index (χ4n) is 1.32. The van der Waals surface area contributed by atoms with Crippen molar-refractivity contribution >= 4 is 12.4 Å². The first kappa shape index (κ1) is 8.74. The molecule has 4 heteroatoms. The molecule has 0 saturated carbocycles. The molecule has 0 amide bonds. The Hall–Kier alpha value is -1.84. The van der Waals surface area contributed by atoms with Crippen LogP contribution in [0.2, 0.25) is 0 Å². The van der Waals surface area contributed by atoms with Crippen LogP contribution < -0.4 is 0 Å². The van der Waals surface area contributed by atoms with Gasteiger partial charge in [-0.05, 0) is 11.6 Å². The molecule has 0 unspecified atom stereocenters. The molecule has 0 N–H and O–H groups in total. The summed E-state index contributed by atoms with van der Waals surface area (Å²) in [6, 6.07) is 6.90. The van der Waals surface area contributed by atoms with Crippen molar-refractivity contribution in [2.75, 3.05) is 6.61 Å². The van der Waals surface area contributed by atoms with Crippen LogP contribution in [0.1, 0.15) is 22.0 Å². The van der Waals surface area contributed by atoms with E-state index in [1.165, 1.54) is 0 Å². The zero-order valence-electron chi connectivity index (χ0n) is 7.30. The van der Waals surface area contributed by atoms with E-state index >= 15 is 0 Å². The van der Waals surface area contributed by atoms with E-state index in [1.807, 2.05) is 0 Å². The van der Waals surface area contributed by atoms with Gasteiger partial charge in [0, 0.05) is 5.56 Å². The number of hydrogen-bond acceptors (Lipinski definition) is 4. The van der Waals surface area contributed by atoms with Crippen LogP contribution in [-0.2, 0) is 9.47 Å². The molecule has 0 aliphatic carbocycles. The smallest absolute Gasteiger partial charge is 0.430 e. The van der Waals surface area contributed by atoms with Crippen LogP contribution in [0.5, 0.6) is 0 Å². The second-order valence-corrected chi connectivity index (χ2v) is 2.96. The fraction of sp³-hybridized carbons (Fsp3) is 0.200. The molecule has 0 bridgehead atoms. The van der Waals surface area contributed by atoms with Gasteiger partial charge < -0.3 is 9.47 Å². The van der Waals surface area contributed by atoms with Gasteiger partial charge in [0.25, 0.3) is 0 Å². The predicted octanol–water partition coefficient (Wildman–Crippen LogP) is 1.71. The number of carbonyl (C=O) groups excluding carboxylic acids is 2. The molecule has 1 atom stereocenters. The first-order chi connectivity index (χ1) is 6.79. The third-order valence-electron chi connectivity index (χ3n) is 2.01. The number of rotatable bonds is 2. The van der Waals surface area contributed by atoms with Crippen molar-refractivity contribution in [2.24, 2.45) is 0 Å². The Morgan fingerprint density at radius 3 is 2.93 bits per heavy atom. The van der Waals surface area contributed by atoms with Gasteiger partial charge in [0.1, 0.15) is 12.9 Å². The van der Waals surface area contributed by atoms with E-state index in [4.69, 9.17) is 4.74 Å². The van der Waals surface area contributed by atoms with Crippen molar-refractivity contribution in [1.29, 1.82) is 0 Å². The van der Waals surface area contributed by atoms with E-state index in [0.29, 0.717) is 5.56 Å². The largest absolute Gasteiger partial charge is 0.509 e. The van der Waals surface area contributed by atoms with Crippen LogP contribution in [0.15, 0.2) is 24.3 Å². The van der Waals surface area contributed by atoms with E-state index in [1.54, 1.807) is 24.3 Å². The number of ether oxygens (including phenoxy) is 2. The minimum absolute atomic E-state index is 0.209. The summed E-state index contributed by atoms with van der Waals surface area (Å²) < 4.78 is 9.51. The molecule has 2 rings (SSSR count). The Morgan fingerprint density at radius 2 is 2.29 bits per heavy atom. The van der Waals surface area contributed by atoms with Gasteiger partial charge in [-0.15, -0.1) is 0 Å². The number of carbonyl (C=O) groups is 2. The Morgan fingerprint density at radius 1 is 1.43 bits per heavy atom. The fourth-order valence-corrected chi connectivity index (χ4v) is 1.32. The first-order valence-electron chi connectivity index (χ1n) is 4.18. The molecular formula is C10H8O4. The summed E-state index contributed by atoms with van der Waals surface area (Å²) >= 11 is 0. The van der Waals surface area contributed by atoms with E-state index in [-0.39, 0.29) is 12.7 Å². The van der Waals surface area contributed by atoms with Crippen LogP contribution in [-0.4, -0.2) is 19.0 Å². The lowest BCUT2D eigenvalue weighted by Gasteiger charge is -2.06. The number of aldehydes is 1. The average Bonchev–Trinajstić information content (AvgIpc) is 2.65. The van der Waals surface area contributed by atoms with Gasteiger partial charge in [0.15, 0.2) is 6.10 Å². The van der Waals surface area contributed by atoms with Crippen LogP contribution >= 0.6 is 0 Å². The monoisotopic (exact) mass is 192 g/mol. The molecule has 72 valence electrons. The molecule has 1 aromatic rings. The van der Waals surface area contributed by atoms with Gasteiger partial charge in [-0.3, -0.25) is 4.79 Å². The zero-order chi connectivity index (χ0) is 9.97. The Balaban J connectivity index is 2.23. The summed E-state index contributed by atoms with van der Waals surface area (Å²) in [5.41, 5.74) is 1.34. The van der Waals surface area contributed by atoms with Crippen molar-refractivity contribution in [3.05, 3.63) is 35.4 Å². The third kappa shape index (κ3) is 1.59. The topological polar surface area (TPSA) is 52.6 Å². The van der Waals surface area contributed by atoms with E-state index in [2.05, 4.69) is 4.74 Å². The summed E-state index contributed by atoms with van der Waals surface area (Å²) in [6.45, 7) is 0.209. The zero-order valence-corrected chi connectivity index (χ0v) is 7.30. The van der Waals surface area contributed by atoms with Crippen molar-refractivity contribution < 1.29 is 19.1 Å². The lowest BCUT2D eigenvalue weighted by molar-refractivity contribution is 0.112. The Kier molecular flexibility index (Phi) is 2.18. The van der Waals surface area contributed by atoms with Crippen LogP contribution in [0.4, 0.5) is 4.79 Å². The third-order valence-corrected chi connectivity index (χ3v) is 2.01. The summed E-state index contributed by atoms with van der Waals surface area (Å²) in [5.74, 6) is 0. The quantitative estimate of drug-likeness (QED) is 0.528. The van der Waals surface area contributed by atoms with Crippen LogP contribution in [0.3, 0.4) is 0 Å². The summed E-state index contributed by atoms with van der Waals surface area (Å²) in [5, 5.41) is 0. The lowest BCUT2D eigenvalue weighted by Crippen LogP contribution is -2.00. The number of cyclic esters (lactones) is 2. The second-order valence-electron chi connectivity index (χ2n) is 2.96. The molecule has 14 heavy (non-hydrogen) atoms. The molecule has 1 saturated heterocycles. The molecule has 4 nitrogen and oxygen atoms in total. The van der Waals surface area contributed by atoms with Crippen LogP contribution in [0, 0.1) is 0 Å². The van der Waals surface area contributed by atoms with Crippen molar-refractivity contribution in [1.82, 2.24) is 0 Å². The lowest BCUT2D eigenvalue weighted by atomic mass is 10.1. The highest BCUT2D eigenvalue weighted by Gasteiger charge is 2.26. The van der Waals surface area contributed by atoms with E-state index in [9.17, 15) is 9.59 Å². The van der Waals surface area contributed by atoms with Gasteiger partial charge in [-0.2, -0.15) is 0 Å². The first-order valence-corrected chi connectivity index (χ1v) is 4.18. The minimum Gasteiger partial charge on any atom is -0.430 e. The predicted molar refractivity (Wildman–Crippen MR) is 47.0 cm³/mol. The number of hydrogen-bond donors (Lipinski definition) is 0. The average molecular weight is 192 g/mol. The van der Waals surface area contributed by atoms with Gasteiger partial charge >= 0.3 is 6.16 Å². The summed E-state index contributed by atoms with van der Waals surface area (Å²) in [7, 11) is 0. The molecule has 1 aliphatic rings. The van der Waals surface area contributed by atoms with Crippen LogP contribution in [0.25, 0.3) is 0 Å². The molecule has 1 aliphatic heterocycles. The van der Waals surface area contributed by atoms with Crippen molar-refractivity contribution in [2.45, 2.75) is 6.10 Å².